The van der Waals surface area contributed by atoms with Crippen molar-refractivity contribution in [2.45, 2.75) is 140 Å². The molecule has 4 saturated heterocycles. The monoisotopic (exact) mass is 823 g/mol. The number of benzene rings is 1. The average Bonchev–Trinajstić information content (AvgIpc) is 3.97. The molecule has 2 saturated carbocycles. The predicted octanol–water partition coefficient (Wildman–Crippen LogP) is 8.87. The number of fused-ring (bicyclic) bond motifs is 8. The summed E-state index contributed by atoms with van der Waals surface area (Å²) in [6.07, 6.45) is 21.5. The molecule has 322 valence electrons. The third-order valence-electron chi connectivity index (χ3n) is 20.8. The SMILES string of the molecule is CC1C=CC2CC3C(C)CC4=C5C3C3=C2C26C(=O)OC(=C(O)C7CCC8C9CC(CN8C7C7CCCC7)C(CC4)N5C9)C2(CC3)C2(OC(=O)c3c(CCCN)cccc32)C6C1. The molecule has 3 spiro atoms. The Kier molecular flexibility index (Phi) is 7.57. The third-order valence-corrected chi connectivity index (χ3v) is 20.8. The third kappa shape index (κ3) is 4.16. The molecule has 7 bridgehead atoms. The molecule has 1 aromatic carbocycles. The van der Waals surface area contributed by atoms with Crippen LogP contribution in [0.25, 0.3) is 0 Å². The minimum atomic E-state index is -1.12. The number of allylic oxidation sites excluding steroid dienone is 4. The first-order chi connectivity index (χ1) is 29.7. The summed E-state index contributed by atoms with van der Waals surface area (Å²) in [5, 5.41) is 13.6. The summed E-state index contributed by atoms with van der Waals surface area (Å²) < 4.78 is 14.3. The molecule has 61 heavy (non-hydrogen) atoms. The number of rotatable bonds is 4. The number of aryl methyl sites for hydroxylation is 1. The maximum absolute atomic E-state index is 16.1. The van der Waals surface area contributed by atoms with Crippen LogP contribution in [-0.4, -0.2) is 64.6 Å². The highest BCUT2D eigenvalue weighted by Gasteiger charge is 2.94. The minimum absolute atomic E-state index is 0.106. The number of nitrogens with two attached hydrogens (primary N) is 1. The summed E-state index contributed by atoms with van der Waals surface area (Å²) >= 11 is 0. The second kappa shape index (κ2) is 12.5. The van der Waals surface area contributed by atoms with Gasteiger partial charge in [0.05, 0.1) is 11.0 Å². The van der Waals surface area contributed by atoms with Crippen LogP contribution in [0.2, 0.25) is 0 Å². The van der Waals surface area contributed by atoms with Gasteiger partial charge in [0.2, 0.25) is 0 Å². The molecule has 15 unspecified atom stereocenters. The molecule has 14 rings (SSSR count). The molecule has 15 atom stereocenters. The molecule has 8 heteroatoms. The van der Waals surface area contributed by atoms with E-state index in [1.807, 2.05) is 0 Å². The first-order valence-electron chi connectivity index (χ1n) is 25.1. The van der Waals surface area contributed by atoms with Crippen molar-refractivity contribution in [2.75, 3.05) is 19.6 Å². The Morgan fingerprint density at radius 2 is 1.79 bits per heavy atom. The van der Waals surface area contributed by atoms with Crippen LogP contribution in [0.3, 0.4) is 0 Å². The van der Waals surface area contributed by atoms with Crippen molar-refractivity contribution in [1.29, 1.82) is 0 Å². The Morgan fingerprint density at radius 1 is 0.934 bits per heavy atom. The molecule has 0 aromatic heterocycles. The van der Waals surface area contributed by atoms with Gasteiger partial charge in [-0.1, -0.05) is 68.2 Å². The number of carbonyl (C=O) groups is 2. The lowest BCUT2D eigenvalue weighted by atomic mass is 9.27. The van der Waals surface area contributed by atoms with Crippen molar-refractivity contribution in [2.24, 2.45) is 75.7 Å². The first kappa shape index (κ1) is 37.1. The van der Waals surface area contributed by atoms with Gasteiger partial charge in [-0.3, -0.25) is 9.69 Å². The maximum atomic E-state index is 16.1. The van der Waals surface area contributed by atoms with Crippen LogP contribution < -0.4 is 5.73 Å². The topological polar surface area (TPSA) is 105 Å². The highest BCUT2D eigenvalue weighted by molar-refractivity contribution is 6.00. The normalized spacial score (nSPS) is 47.2. The van der Waals surface area contributed by atoms with Gasteiger partial charge in [-0.05, 0) is 149 Å². The van der Waals surface area contributed by atoms with Gasteiger partial charge in [-0.2, -0.15) is 0 Å². The number of esters is 2. The molecule has 7 aliphatic heterocycles. The molecule has 0 amide bonds. The molecule has 13 aliphatic rings. The lowest BCUT2D eigenvalue weighted by molar-refractivity contribution is -0.281. The van der Waals surface area contributed by atoms with E-state index in [-0.39, 0.29) is 41.7 Å². The first-order valence-corrected chi connectivity index (χ1v) is 25.1. The Morgan fingerprint density at radius 3 is 2.64 bits per heavy atom. The second-order valence-electron chi connectivity index (χ2n) is 22.9. The maximum Gasteiger partial charge on any atom is 0.339 e. The van der Waals surface area contributed by atoms with Crippen LogP contribution in [0, 0.1) is 70.0 Å². The van der Waals surface area contributed by atoms with Crippen molar-refractivity contribution >= 4 is 11.9 Å². The number of nitrogens with zero attached hydrogens (tertiary/aromatic N) is 2. The van der Waals surface area contributed by atoms with E-state index in [0.29, 0.717) is 90.5 Å². The van der Waals surface area contributed by atoms with Crippen molar-refractivity contribution < 1.29 is 24.2 Å². The fourth-order valence-corrected chi connectivity index (χ4v) is 19.1. The molecule has 6 fully saturated rings. The largest absolute Gasteiger partial charge is 0.508 e. The van der Waals surface area contributed by atoms with E-state index in [9.17, 15) is 9.90 Å². The summed E-state index contributed by atoms with van der Waals surface area (Å²) in [5.41, 5.74) is 11.7. The van der Waals surface area contributed by atoms with Gasteiger partial charge in [0.25, 0.3) is 0 Å². The highest BCUT2D eigenvalue weighted by Crippen LogP contribution is 2.88. The molecule has 3 N–H and O–H groups in total. The van der Waals surface area contributed by atoms with Gasteiger partial charge >= 0.3 is 11.9 Å². The number of carbonyl (C=O) groups excluding carboxylic acids is 2. The van der Waals surface area contributed by atoms with Gasteiger partial charge in [0, 0.05) is 60.2 Å². The zero-order valence-electron chi connectivity index (χ0n) is 36.4. The summed E-state index contributed by atoms with van der Waals surface area (Å²) in [6, 6.07) is 7.64. The van der Waals surface area contributed by atoms with Gasteiger partial charge < -0.3 is 25.2 Å². The van der Waals surface area contributed by atoms with Crippen molar-refractivity contribution in [1.82, 2.24) is 9.80 Å². The van der Waals surface area contributed by atoms with Crippen LogP contribution in [0.4, 0.5) is 0 Å². The zero-order chi connectivity index (χ0) is 40.9. The molecule has 0 radical (unpaired) electrons. The highest BCUT2D eigenvalue weighted by atomic mass is 16.6. The number of aliphatic hydroxyl groups is 1. The number of aliphatic hydroxyl groups excluding tert-OH is 1. The van der Waals surface area contributed by atoms with Crippen molar-refractivity contribution in [3.63, 3.8) is 0 Å². The number of piperidine rings is 3. The Labute approximate surface area is 361 Å². The lowest BCUT2D eigenvalue weighted by Crippen LogP contribution is -2.78. The number of hydrogen-bond acceptors (Lipinski definition) is 8. The van der Waals surface area contributed by atoms with Crippen LogP contribution in [0.15, 0.2) is 64.3 Å². The Bertz CT molecular complexity index is 2300. The number of ether oxygens (including phenoxy) is 2. The smallest absolute Gasteiger partial charge is 0.339 e. The lowest BCUT2D eigenvalue weighted by Gasteiger charge is -2.73. The standard InChI is InChI=1S/C53H65N3O5/c1-27-12-13-31-24-37-28(2)22-32-14-16-39-33-23-34-26-56(39)46(32)43(37)35-18-19-51-48(47(57)36-15-17-40(34)55(25-33)45(36)30-7-3-4-8-30)60-50(59)52(51,44(31)35)41(21-27)53(51)38-11-5-9-29(10-6-20-54)42(38)49(58)61-53/h5,9,11-13,27-28,30-31,33-34,36-37,39-41,43,45,57H,3-4,6-8,10,14-26,54H2,1-2H3. The summed E-state index contributed by atoms with van der Waals surface area (Å²) in [6.45, 7) is 7.66. The van der Waals surface area contributed by atoms with Gasteiger partial charge in [-0.25, -0.2) is 4.79 Å². The fraction of sp³-hybridized carbons (Fsp3) is 0.698. The van der Waals surface area contributed by atoms with Crippen molar-refractivity contribution in [3.8, 4) is 0 Å². The van der Waals surface area contributed by atoms with E-state index in [1.54, 1.807) is 11.3 Å². The average molecular weight is 824 g/mol. The summed E-state index contributed by atoms with van der Waals surface area (Å²) in [7, 11) is 0. The van der Waals surface area contributed by atoms with E-state index < -0.39 is 16.4 Å². The Balaban J connectivity index is 1.09. The summed E-state index contributed by atoms with van der Waals surface area (Å²) in [5.74, 6) is 3.41. The fourth-order valence-electron chi connectivity index (χ4n) is 19.1. The van der Waals surface area contributed by atoms with E-state index >= 15 is 4.79 Å². The molecular formula is C53H65N3O5. The zero-order valence-corrected chi connectivity index (χ0v) is 36.4. The van der Waals surface area contributed by atoms with Crippen LogP contribution >= 0.6 is 0 Å². The second-order valence-corrected chi connectivity index (χ2v) is 22.9. The quantitative estimate of drug-likeness (QED) is 0.229. The van der Waals surface area contributed by atoms with E-state index in [1.165, 1.54) is 69.1 Å². The molecule has 1 aromatic rings. The molecular weight excluding hydrogens is 759 g/mol. The van der Waals surface area contributed by atoms with E-state index in [2.05, 4.69) is 54.0 Å². The molecule has 8 nitrogen and oxygen atoms in total. The molecule has 6 aliphatic carbocycles. The van der Waals surface area contributed by atoms with Gasteiger partial charge in [0.15, 0.2) is 11.4 Å². The van der Waals surface area contributed by atoms with Gasteiger partial charge in [0.1, 0.15) is 11.2 Å². The minimum Gasteiger partial charge on any atom is -0.508 e. The predicted molar refractivity (Wildman–Crippen MR) is 230 cm³/mol. The van der Waals surface area contributed by atoms with E-state index in [0.717, 1.165) is 49.8 Å². The van der Waals surface area contributed by atoms with E-state index in [4.69, 9.17) is 15.2 Å². The van der Waals surface area contributed by atoms with Crippen molar-refractivity contribution in [3.05, 3.63) is 81.0 Å². The van der Waals surface area contributed by atoms with Crippen LogP contribution in [-0.2, 0) is 26.3 Å². The Hall–Kier alpha value is -3.36. The van der Waals surface area contributed by atoms with Crippen LogP contribution in [0.1, 0.15) is 132 Å². The van der Waals surface area contributed by atoms with Crippen LogP contribution in [0.5, 0.6) is 0 Å². The summed E-state index contributed by atoms with van der Waals surface area (Å²) in [4.78, 5) is 36.9. The number of hydrogen-bond donors (Lipinski definition) is 2. The molecule has 7 heterocycles. The van der Waals surface area contributed by atoms with Gasteiger partial charge in [-0.15, -0.1) is 0 Å².